The van der Waals surface area contributed by atoms with E-state index in [4.69, 9.17) is 14.0 Å². The van der Waals surface area contributed by atoms with Crippen LogP contribution in [0.5, 0.6) is 5.75 Å². The summed E-state index contributed by atoms with van der Waals surface area (Å²) in [6, 6.07) is 14.3. The third kappa shape index (κ3) is 3.62. The zero-order chi connectivity index (χ0) is 16.9. The Morgan fingerprint density at radius 2 is 2.04 bits per heavy atom. The number of methoxy groups -OCH3 is 1. The van der Waals surface area contributed by atoms with Crippen LogP contribution in [0.25, 0.3) is 11.4 Å². The van der Waals surface area contributed by atoms with Crippen molar-refractivity contribution in [3.63, 3.8) is 0 Å². The summed E-state index contributed by atoms with van der Waals surface area (Å²) in [4.78, 5) is 16.3. The van der Waals surface area contributed by atoms with Gasteiger partial charge in [0.05, 0.1) is 12.7 Å². The topological polar surface area (TPSA) is 74.5 Å². The molecule has 7 heteroatoms. The number of carbonyl (C=O) groups excluding carboxylic acids is 1. The van der Waals surface area contributed by atoms with Gasteiger partial charge in [-0.15, -0.1) is 0 Å². The predicted octanol–water partition coefficient (Wildman–Crippen LogP) is 3.86. The van der Waals surface area contributed by atoms with Gasteiger partial charge in [-0.05, 0) is 40.2 Å². The SMILES string of the molecule is COc1cccc(-c2noc(COC(=O)c3ccccc3Br)n2)c1. The van der Waals surface area contributed by atoms with Crippen LogP contribution < -0.4 is 4.74 Å². The van der Waals surface area contributed by atoms with E-state index in [0.29, 0.717) is 21.6 Å². The molecular weight excluding hydrogens is 376 g/mol. The van der Waals surface area contributed by atoms with Gasteiger partial charge in [-0.1, -0.05) is 29.4 Å². The van der Waals surface area contributed by atoms with E-state index in [0.717, 1.165) is 5.56 Å². The number of aromatic nitrogens is 2. The molecule has 0 saturated carbocycles. The van der Waals surface area contributed by atoms with E-state index < -0.39 is 5.97 Å². The fraction of sp³-hybridized carbons (Fsp3) is 0.118. The molecule has 0 aliphatic heterocycles. The summed E-state index contributed by atoms with van der Waals surface area (Å²) in [5.74, 6) is 0.844. The van der Waals surface area contributed by atoms with Crippen LogP contribution in [-0.2, 0) is 11.3 Å². The quantitative estimate of drug-likeness (QED) is 0.617. The monoisotopic (exact) mass is 388 g/mol. The van der Waals surface area contributed by atoms with Gasteiger partial charge in [0.15, 0.2) is 6.61 Å². The van der Waals surface area contributed by atoms with Gasteiger partial charge >= 0.3 is 5.97 Å². The van der Waals surface area contributed by atoms with Crippen molar-refractivity contribution in [2.75, 3.05) is 7.11 Å². The van der Waals surface area contributed by atoms with Crippen LogP contribution in [0.3, 0.4) is 0 Å². The molecule has 0 radical (unpaired) electrons. The summed E-state index contributed by atoms with van der Waals surface area (Å²) in [5, 5.41) is 3.89. The summed E-state index contributed by atoms with van der Waals surface area (Å²) >= 11 is 3.31. The van der Waals surface area contributed by atoms with E-state index in [1.807, 2.05) is 24.3 Å². The summed E-state index contributed by atoms with van der Waals surface area (Å²) in [5.41, 5.74) is 1.19. The van der Waals surface area contributed by atoms with Crippen molar-refractivity contribution in [2.24, 2.45) is 0 Å². The van der Waals surface area contributed by atoms with Crippen molar-refractivity contribution in [3.8, 4) is 17.1 Å². The minimum Gasteiger partial charge on any atom is -0.497 e. The maximum atomic E-state index is 12.0. The van der Waals surface area contributed by atoms with Crippen LogP contribution in [-0.4, -0.2) is 23.2 Å². The second kappa shape index (κ2) is 7.27. The number of hydrogen-bond acceptors (Lipinski definition) is 6. The Kier molecular flexibility index (Phi) is 4.90. The van der Waals surface area contributed by atoms with Gasteiger partial charge in [-0.25, -0.2) is 4.79 Å². The lowest BCUT2D eigenvalue weighted by atomic mass is 10.2. The molecule has 0 N–H and O–H groups in total. The second-order valence-electron chi connectivity index (χ2n) is 4.80. The Balaban J connectivity index is 1.68. The molecule has 0 bridgehead atoms. The highest BCUT2D eigenvalue weighted by atomic mass is 79.9. The van der Waals surface area contributed by atoms with E-state index in [1.165, 1.54) is 0 Å². The van der Waals surface area contributed by atoms with Crippen molar-refractivity contribution in [2.45, 2.75) is 6.61 Å². The third-order valence-corrected chi connectivity index (χ3v) is 3.91. The lowest BCUT2D eigenvalue weighted by molar-refractivity contribution is 0.0428. The number of ether oxygens (including phenoxy) is 2. The van der Waals surface area contributed by atoms with Crippen molar-refractivity contribution in [1.29, 1.82) is 0 Å². The van der Waals surface area contributed by atoms with Crippen molar-refractivity contribution < 1.29 is 18.8 Å². The van der Waals surface area contributed by atoms with E-state index in [1.54, 1.807) is 31.4 Å². The molecule has 6 nitrogen and oxygen atoms in total. The van der Waals surface area contributed by atoms with Gasteiger partial charge in [0.25, 0.3) is 5.89 Å². The molecule has 3 rings (SSSR count). The molecule has 0 spiro atoms. The highest BCUT2D eigenvalue weighted by Gasteiger charge is 2.14. The molecule has 0 aliphatic carbocycles. The molecule has 0 saturated heterocycles. The number of esters is 1. The Labute approximate surface area is 146 Å². The zero-order valence-corrected chi connectivity index (χ0v) is 14.3. The molecule has 0 unspecified atom stereocenters. The fourth-order valence-corrected chi connectivity index (χ4v) is 2.47. The first-order valence-corrected chi connectivity index (χ1v) is 7.85. The van der Waals surface area contributed by atoms with Gasteiger partial charge in [-0.3, -0.25) is 0 Å². The summed E-state index contributed by atoms with van der Waals surface area (Å²) in [6.07, 6.45) is 0. The number of benzene rings is 2. The van der Waals surface area contributed by atoms with Crippen LogP contribution in [0.1, 0.15) is 16.2 Å². The molecule has 2 aromatic carbocycles. The van der Waals surface area contributed by atoms with Crippen molar-refractivity contribution >= 4 is 21.9 Å². The summed E-state index contributed by atoms with van der Waals surface area (Å²) in [7, 11) is 1.59. The molecular formula is C17H13BrN2O4. The van der Waals surface area contributed by atoms with Gasteiger partial charge in [0.2, 0.25) is 5.82 Å². The highest BCUT2D eigenvalue weighted by Crippen LogP contribution is 2.22. The summed E-state index contributed by atoms with van der Waals surface area (Å²) < 4.78 is 16.1. The number of halogens is 1. The van der Waals surface area contributed by atoms with Gasteiger partial charge in [0, 0.05) is 10.0 Å². The molecule has 122 valence electrons. The predicted molar refractivity (Wildman–Crippen MR) is 89.5 cm³/mol. The Morgan fingerprint density at radius 1 is 1.21 bits per heavy atom. The second-order valence-corrected chi connectivity index (χ2v) is 5.65. The highest BCUT2D eigenvalue weighted by molar-refractivity contribution is 9.10. The lowest BCUT2D eigenvalue weighted by Crippen LogP contribution is -2.06. The molecule has 0 fully saturated rings. The van der Waals surface area contributed by atoms with Crippen molar-refractivity contribution in [3.05, 3.63) is 64.5 Å². The maximum Gasteiger partial charge on any atom is 0.339 e. The molecule has 3 aromatic rings. The normalized spacial score (nSPS) is 10.4. The zero-order valence-electron chi connectivity index (χ0n) is 12.7. The molecule has 0 atom stereocenters. The molecule has 0 aliphatic rings. The molecule has 24 heavy (non-hydrogen) atoms. The molecule has 1 aromatic heterocycles. The number of rotatable bonds is 5. The van der Waals surface area contributed by atoms with Gasteiger partial charge in [0.1, 0.15) is 5.75 Å². The smallest absolute Gasteiger partial charge is 0.339 e. The van der Waals surface area contributed by atoms with E-state index in [2.05, 4.69) is 26.1 Å². The number of hydrogen-bond donors (Lipinski definition) is 0. The minimum atomic E-state index is -0.469. The average molecular weight is 389 g/mol. The average Bonchev–Trinajstić information content (AvgIpc) is 3.09. The van der Waals surface area contributed by atoms with Crippen LogP contribution in [0.4, 0.5) is 0 Å². The fourth-order valence-electron chi connectivity index (χ4n) is 2.02. The number of carbonyl (C=O) groups is 1. The van der Waals surface area contributed by atoms with Gasteiger partial charge < -0.3 is 14.0 Å². The van der Waals surface area contributed by atoms with E-state index in [9.17, 15) is 4.79 Å². The Bertz CT molecular complexity index is 863. The first-order valence-electron chi connectivity index (χ1n) is 7.06. The van der Waals surface area contributed by atoms with Crippen LogP contribution in [0.2, 0.25) is 0 Å². The van der Waals surface area contributed by atoms with E-state index >= 15 is 0 Å². The standard InChI is InChI=1S/C17H13BrN2O4/c1-22-12-6-4-5-11(9-12)16-19-15(24-20-16)10-23-17(21)13-7-2-3-8-14(13)18/h2-9H,10H2,1H3. The van der Waals surface area contributed by atoms with Crippen molar-refractivity contribution in [1.82, 2.24) is 10.1 Å². The first-order chi connectivity index (χ1) is 11.7. The Morgan fingerprint density at radius 3 is 2.83 bits per heavy atom. The van der Waals surface area contributed by atoms with Crippen LogP contribution in [0, 0.1) is 0 Å². The third-order valence-electron chi connectivity index (χ3n) is 3.22. The van der Waals surface area contributed by atoms with Crippen LogP contribution in [0.15, 0.2) is 57.5 Å². The van der Waals surface area contributed by atoms with Gasteiger partial charge in [-0.2, -0.15) is 4.98 Å². The lowest BCUT2D eigenvalue weighted by Gasteiger charge is -2.03. The first kappa shape index (κ1) is 16.2. The summed E-state index contributed by atoms with van der Waals surface area (Å²) in [6.45, 7) is -0.100. The molecule has 1 heterocycles. The number of nitrogens with zero attached hydrogens (tertiary/aromatic N) is 2. The molecule has 0 amide bonds. The minimum absolute atomic E-state index is 0.100. The van der Waals surface area contributed by atoms with E-state index in [-0.39, 0.29) is 12.5 Å². The van der Waals surface area contributed by atoms with Crippen LogP contribution >= 0.6 is 15.9 Å². The Hall–Kier alpha value is -2.67. The maximum absolute atomic E-state index is 12.0. The largest absolute Gasteiger partial charge is 0.497 e.